The molecule has 0 bridgehead atoms. The van der Waals surface area contributed by atoms with E-state index in [0.717, 1.165) is 6.54 Å². The number of carbonyl (C=O) groups is 2. The summed E-state index contributed by atoms with van der Waals surface area (Å²) < 4.78 is 0. The normalized spacial score (nSPS) is 10.5. The van der Waals surface area contributed by atoms with Crippen molar-refractivity contribution in [2.24, 2.45) is 0 Å². The van der Waals surface area contributed by atoms with Crippen LogP contribution >= 0.6 is 35.6 Å². The summed E-state index contributed by atoms with van der Waals surface area (Å²) in [5, 5.41) is 1.24. The lowest BCUT2D eigenvalue weighted by Gasteiger charge is -2.19. The van der Waals surface area contributed by atoms with Crippen molar-refractivity contribution >= 4 is 47.2 Å². The molecule has 0 saturated heterocycles. The number of nitrogens with zero attached hydrogens (tertiary/aromatic N) is 1. The zero-order chi connectivity index (χ0) is 18.2. The Kier molecular flexibility index (Phi) is 9.89. The van der Waals surface area contributed by atoms with E-state index in [9.17, 15) is 9.59 Å². The van der Waals surface area contributed by atoms with Crippen LogP contribution in [0.15, 0.2) is 48.5 Å². The van der Waals surface area contributed by atoms with Crippen LogP contribution in [-0.4, -0.2) is 36.1 Å². The molecule has 0 radical (unpaired) electrons. The highest BCUT2D eigenvalue weighted by atomic mass is 35.5. The van der Waals surface area contributed by atoms with Gasteiger partial charge in [-0.1, -0.05) is 30.1 Å². The maximum Gasteiger partial charge on any atom is 0.164 e. The van der Waals surface area contributed by atoms with E-state index >= 15 is 0 Å². The predicted octanol–water partition coefficient (Wildman–Crippen LogP) is 5.58. The molecule has 0 N–H and O–H groups in total. The molecular formula is C20H22Cl3NO2. The molecule has 0 aromatic heterocycles. The Morgan fingerprint density at radius 3 is 1.42 bits per heavy atom. The van der Waals surface area contributed by atoms with Crippen molar-refractivity contribution in [2.45, 2.75) is 19.8 Å². The number of Topliss-reactive ketones (excluding diaryl/α,β-unsaturated/α-hetero) is 2. The summed E-state index contributed by atoms with van der Waals surface area (Å²) in [6.45, 7) is 4.08. The summed E-state index contributed by atoms with van der Waals surface area (Å²) in [4.78, 5) is 26.6. The van der Waals surface area contributed by atoms with Gasteiger partial charge in [0.1, 0.15) is 0 Å². The topological polar surface area (TPSA) is 37.4 Å². The summed E-state index contributed by atoms with van der Waals surface area (Å²) in [5.41, 5.74) is 1.33. The lowest BCUT2D eigenvalue weighted by Crippen LogP contribution is -2.28. The molecule has 2 rings (SSSR count). The Balaban J connectivity index is 0.00000338. The van der Waals surface area contributed by atoms with Crippen LogP contribution in [0.5, 0.6) is 0 Å². The second-order valence-corrected chi connectivity index (χ2v) is 6.67. The molecule has 0 aliphatic carbocycles. The Labute approximate surface area is 170 Å². The first-order valence-electron chi connectivity index (χ1n) is 8.29. The third-order valence-corrected chi connectivity index (χ3v) is 4.59. The fraction of sp³-hybridized carbons (Fsp3) is 0.300. The van der Waals surface area contributed by atoms with Gasteiger partial charge >= 0.3 is 0 Å². The zero-order valence-corrected chi connectivity index (χ0v) is 16.9. The van der Waals surface area contributed by atoms with Gasteiger partial charge in [0, 0.05) is 47.1 Å². The van der Waals surface area contributed by atoms with Crippen molar-refractivity contribution in [1.82, 2.24) is 4.90 Å². The van der Waals surface area contributed by atoms with Crippen LogP contribution < -0.4 is 0 Å². The lowest BCUT2D eigenvalue weighted by atomic mass is 10.1. The molecule has 2 aromatic rings. The van der Waals surface area contributed by atoms with Gasteiger partial charge in [0.25, 0.3) is 0 Å². The van der Waals surface area contributed by atoms with Crippen molar-refractivity contribution in [3.05, 3.63) is 69.7 Å². The van der Waals surface area contributed by atoms with Crippen LogP contribution in [-0.2, 0) is 0 Å². The minimum absolute atomic E-state index is 0. The minimum Gasteiger partial charge on any atom is -0.303 e. The standard InChI is InChI=1S/C20H21Cl2NO2.ClH/c1-2-23(13-11-19(24)15-3-7-17(21)8-4-15)14-12-20(25)16-5-9-18(22)10-6-16;/h3-10H,2,11-14H2,1H3;1H. The van der Waals surface area contributed by atoms with E-state index in [1.165, 1.54) is 0 Å². The Morgan fingerprint density at radius 1 is 0.769 bits per heavy atom. The van der Waals surface area contributed by atoms with Gasteiger partial charge in [-0.05, 0) is 55.1 Å². The monoisotopic (exact) mass is 413 g/mol. The summed E-state index contributed by atoms with van der Waals surface area (Å²) in [6.07, 6.45) is 0.842. The van der Waals surface area contributed by atoms with Gasteiger partial charge in [-0.15, -0.1) is 12.4 Å². The molecular weight excluding hydrogens is 393 g/mol. The van der Waals surface area contributed by atoms with E-state index in [-0.39, 0.29) is 24.0 Å². The number of rotatable bonds is 9. The van der Waals surface area contributed by atoms with E-state index in [2.05, 4.69) is 4.90 Å². The third kappa shape index (κ3) is 7.08. The Morgan fingerprint density at radius 2 is 1.12 bits per heavy atom. The largest absolute Gasteiger partial charge is 0.303 e. The number of hydrogen-bond donors (Lipinski definition) is 0. The van der Waals surface area contributed by atoms with Gasteiger partial charge in [-0.25, -0.2) is 0 Å². The van der Waals surface area contributed by atoms with Crippen molar-refractivity contribution in [3.63, 3.8) is 0 Å². The van der Waals surface area contributed by atoms with E-state index in [1.807, 2.05) is 6.92 Å². The molecule has 0 atom stereocenters. The molecule has 0 amide bonds. The summed E-state index contributed by atoms with van der Waals surface area (Å²) in [7, 11) is 0. The van der Waals surface area contributed by atoms with Crippen molar-refractivity contribution < 1.29 is 9.59 Å². The molecule has 0 saturated carbocycles. The second kappa shape index (κ2) is 11.3. The van der Waals surface area contributed by atoms with Gasteiger partial charge in [-0.3, -0.25) is 9.59 Å². The molecule has 140 valence electrons. The number of ketones is 2. The number of carbonyl (C=O) groups excluding carboxylic acids is 2. The molecule has 0 unspecified atom stereocenters. The second-order valence-electron chi connectivity index (χ2n) is 5.79. The Hall–Kier alpha value is -1.39. The van der Waals surface area contributed by atoms with Crippen LogP contribution in [0, 0.1) is 0 Å². The first kappa shape index (κ1) is 22.7. The van der Waals surface area contributed by atoms with Crippen LogP contribution in [0.25, 0.3) is 0 Å². The van der Waals surface area contributed by atoms with Crippen molar-refractivity contribution in [2.75, 3.05) is 19.6 Å². The average molecular weight is 415 g/mol. The van der Waals surface area contributed by atoms with Crippen LogP contribution in [0.1, 0.15) is 40.5 Å². The predicted molar refractivity (Wildman–Crippen MR) is 110 cm³/mol. The van der Waals surface area contributed by atoms with Gasteiger partial charge < -0.3 is 4.90 Å². The maximum absolute atomic E-state index is 12.2. The zero-order valence-electron chi connectivity index (χ0n) is 14.6. The fourth-order valence-electron chi connectivity index (χ4n) is 2.51. The fourth-order valence-corrected chi connectivity index (χ4v) is 2.76. The molecule has 6 heteroatoms. The summed E-state index contributed by atoms with van der Waals surface area (Å²) in [6, 6.07) is 13.8. The Bertz CT molecular complexity index is 653. The van der Waals surface area contributed by atoms with Crippen LogP contribution in [0.2, 0.25) is 10.0 Å². The highest BCUT2D eigenvalue weighted by molar-refractivity contribution is 6.31. The van der Waals surface area contributed by atoms with Crippen LogP contribution in [0.4, 0.5) is 0 Å². The molecule has 0 aliphatic heterocycles. The molecule has 0 heterocycles. The number of halogens is 3. The summed E-state index contributed by atoms with van der Waals surface area (Å²) >= 11 is 11.7. The van der Waals surface area contributed by atoms with E-state index in [1.54, 1.807) is 48.5 Å². The molecule has 0 fully saturated rings. The van der Waals surface area contributed by atoms with Gasteiger partial charge in [0.2, 0.25) is 0 Å². The smallest absolute Gasteiger partial charge is 0.164 e. The summed E-state index contributed by atoms with van der Waals surface area (Å²) in [5.74, 6) is 0.165. The molecule has 26 heavy (non-hydrogen) atoms. The van der Waals surface area contributed by atoms with Crippen molar-refractivity contribution in [3.8, 4) is 0 Å². The number of hydrogen-bond acceptors (Lipinski definition) is 3. The minimum atomic E-state index is 0. The first-order chi connectivity index (χ1) is 12.0. The van der Waals surface area contributed by atoms with Gasteiger partial charge in [-0.2, -0.15) is 0 Å². The highest BCUT2D eigenvalue weighted by Gasteiger charge is 2.12. The highest BCUT2D eigenvalue weighted by Crippen LogP contribution is 2.13. The lowest BCUT2D eigenvalue weighted by molar-refractivity contribution is 0.0949. The third-order valence-electron chi connectivity index (χ3n) is 4.09. The quantitative estimate of drug-likeness (QED) is 0.502. The van der Waals surface area contributed by atoms with E-state index in [4.69, 9.17) is 23.2 Å². The van der Waals surface area contributed by atoms with Crippen LogP contribution in [0.3, 0.4) is 0 Å². The molecule has 3 nitrogen and oxygen atoms in total. The first-order valence-corrected chi connectivity index (χ1v) is 9.05. The molecule has 0 aliphatic rings. The van der Waals surface area contributed by atoms with E-state index in [0.29, 0.717) is 47.1 Å². The maximum atomic E-state index is 12.2. The number of benzene rings is 2. The average Bonchev–Trinajstić information content (AvgIpc) is 2.62. The van der Waals surface area contributed by atoms with Gasteiger partial charge in [0.15, 0.2) is 11.6 Å². The molecule has 2 aromatic carbocycles. The molecule has 0 spiro atoms. The van der Waals surface area contributed by atoms with E-state index < -0.39 is 0 Å². The van der Waals surface area contributed by atoms with Crippen molar-refractivity contribution in [1.29, 1.82) is 0 Å². The SMILES string of the molecule is CCN(CCC(=O)c1ccc(Cl)cc1)CCC(=O)c1ccc(Cl)cc1.Cl. The van der Waals surface area contributed by atoms with Gasteiger partial charge in [0.05, 0.1) is 0 Å².